The van der Waals surface area contributed by atoms with E-state index in [2.05, 4.69) is 28.7 Å². The molecular formula is C17H26N4O. The van der Waals surface area contributed by atoms with Crippen LogP contribution in [0.3, 0.4) is 0 Å². The summed E-state index contributed by atoms with van der Waals surface area (Å²) in [5.41, 5.74) is 0.540. The van der Waals surface area contributed by atoms with Crippen LogP contribution in [-0.4, -0.2) is 47.0 Å². The highest BCUT2D eigenvalue weighted by Gasteiger charge is 2.24. The van der Waals surface area contributed by atoms with E-state index < -0.39 is 0 Å². The Kier molecular flexibility index (Phi) is 4.60. The summed E-state index contributed by atoms with van der Waals surface area (Å²) in [6.07, 6.45) is 6.19. The van der Waals surface area contributed by atoms with Crippen molar-refractivity contribution in [2.24, 2.45) is 11.8 Å². The second kappa shape index (κ2) is 6.63. The Morgan fingerprint density at radius 3 is 2.59 bits per heavy atom. The summed E-state index contributed by atoms with van der Waals surface area (Å²) in [5, 5.41) is 0. The van der Waals surface area contributed by atoms with Gasteiger partial charge in [-0.15, -0.1) is 0 Å². The van der Waals surface area contributed by atoms with Gasteiger partial charge >= 0.3 is 0 Å². The average molecular weight is 302 g/mol. The minimum Gasteiger partial charge on any atom is -0.356 e. The Morgan fingerprint density at radius 2 is 1.86 bits per heavy atom. The number of carbonyl (C=O) groups is 1. The van der Waals surface area contributed by atoms with Crippen molar-refractivity contribution in [3.63, 3.8) is 0 Å². The van der Waals surface area contributed by atoms with Gasteiger partial charge in [0, 0.05) is 32.2 Å². The second-order valence-corrected chi connectivity index (χ2v) is 6.93. The van der Waals surface area contributed by atoms with Crippen LogP contribution in [0.25, 0.3) is 0 Å². The number of carbonyl (C=O) groups excluding carboxylic acids is 1. The van der Waals surface area contributed by atoms with Crippen LogP contribution in [0.1, 0.15) is 50.0 Å². The van der Waals surface area contributed by atoms with Crippen molar-refractivity contribution >= 4 is 11.7 Å². The van der Waals surface area contributed by atoms with Gasteiger partial charge in [-0.25, -0.2) is 9.97 Å². The first kappa shape index (κ1) is 15.3. The highest BCUT2D eigenvalue weighted by Crippen LogP contribution is 2.22. The molecule has 0 aliphatic carbocycles. The lowest BCUT2D eigenvalue weighted by Gasteiger charge is -2.32. The van der Waals surface area contributed by atoms with Crippen LogP contribution in [0, 0.1) is 11.8 Å². The third kappa shape index (κ3) is 3.39. The topological polar surface area (TPSA) is 49.3 Å². The average Bonchev–Trinajstić information content (AvgIpc) is 2.55. The van der Waals surface area contributed by atoms with Crippen molar-refractivity contribution in [2.75, 3.05) is 31.1 Å². The van der Waals surface area contributed by atoms with E-state index in [1.807, 2.05) is 11.0 Å². The van der Waals surface area contributed by atoms with E-state index >= 15 is 0 Å². The molecule has 0 N–H and O–H groups in total. The Balaban J connectivity index is 1.71. The first-order chi connectivity index (χ1) is 10.6. The zero-order chi connectivity index (χ0) is 15.5. The molecule has 5 heteroatoms. The van der Waals surface area contributed by atoms with Gasteiger partial charge in [0.25, 0.3) is 5.91 Å². The van der Waals surface area contributed by atoms with E-state index in [4.69, 9.17) is 0 Å². The van der Waals surface area contributed by atoms with E-state index in [0.29, 0.717) is 11.6 Å². The van der Waals surface area contributed by atoms with Gasteiger partial charge in [-0.1, -0.05) is 13.8 Å². The van der Waals surface area contributed by atoms with Crippen LogP contribution in [0.15, 0.2) is 12.4 Å². The molecule has 1 aromatic rings. The van der Waals surface area contributed by atoms with Crippen LogP contribution in [0.2, 0.25) is 0 Å². The van der Waals surface area contributed by atoms with E-state index in [0.717, 1.165) is 50.8 Å². The minimum atomic E-state index is 0.0561. The molecule has 120 valence electrons. The standard InChI is InChI=1S/C17H26N4O/c1-13-5-8-20(9-6-13)17(22)15-10-16(19-12-18-15)21-7-3-4-14(2)11-21/h10,12-14H,3-9,11H2,1-2H3. The molecule has 0 spiro atoms. The van der Waals surface area contributed by atoms with Gasteiger partial charge in [0.2, 0.25) is 0 Å². The van der Waals surface area contributed by atoms with Gasteiger partial charge < -0.3 is 9.80 Å². The van der Waals surface area contributed by atoms with Crippen LogP contribution < -0.4 is 4.90 Å². The molecular weight excluding hydrogens is 276 g/mol. The molecule has 2 fully saturated rings. The van der Waals surface area contributed by atoms with Crippen molar-refractivity contribution in [3.05, 3.63) is 18.1 Å². The number of amides is 1. The van der Waals surface area contributed by atoms with E-state index in [1.54, 1.807) is 0 Å². The number of aromatic nitrogens is 2. The molecule has 1 aromatic heterocycles. The van der Waals surface area contributed by atoms with Crippen molar-refractivity contribution < 1.29 is 4.79 Å². The van der Waals surface area contributed by atoms with Crippen molar-refractivity contribution in [3.8, 4) is 0 Å². The lowest BCUT2D eigenvalue weighted by Crippen LogP contribution is -2.39. The highest BCUT2D eigenvalue weighted by atomic mass is 16.2. The Bertz CT molecular complexity index is 525. The summed E-state index contributed by atoms with van der Waals surface area (Å²) in [7, 11) is 0. The molecule has 2 saturated heterocycles. The van der Waals surface area contributed by atoms with Gasteiger partial charge in [0.15, 0.2) is 0 Å². The highest BCUT2D eigenvalue weighted by molar-refractivity contribution is 5.93. The normalized spacial score (nSPS) is 23.6. The summed E-state index contributed by atoms with van der Waals surface area (Å²) in [6, 6.07) is 1.87. The number of likely N-dealkylation sites (tertiary alicyclic amines) is 1. The lowest BCUT2D eigenvalue weighted by molar-refractivity contribution is 0.0691. The zero-order valence-electron chi connectivity index (χ0n) is 13.7. The van der Waals surface area contributed by atoms with E-state index in [9.17, 15) is 4.79 Å². The van der Waals surface area contributed by atoms with Crippen LogP contribution >= 0.6 is 0 Å². The van der Waals surface area contributed by atoms with Crippen LogP contribution in [0.4, 0.5) is 5.82 Å². The SMILES string of the molecule is CC1CCN(C(=O)c2cc(N3CCCC(C)C3)ncn2)CC1. The molecule has 0 saturated carbocycles. The number of hydrogen-bond donors (Lipinski definition) is 0. The fourth-order valence-electron chi connectivity index (χ4n) is 3.41. The zero-order valence-corrected chi connectivity index (χ0v) is 13.7. The minimum absolute atomic E-state index is 0.0561. The van der Waals surface area contributed by atoms with Gasteiger partial charge in [-0.05, 0) is 37.5 Å². The van der Waals surface area contributed by atoms with Crippen LogP contribution in [0.5, 0.6) is 0 Å². The molecule has 1 atom stereocenters. The first-order valence-electron chi connectivity index (χ1n) is 8.49. The van der Waals surface area contributed by atoms with Crippen molar-refractivity contribution in [1.82, 2.24) is 14.9 Å². The van der Waals surface area contributed by atoms with Gasteiger partial charge in [-0.2, -0.15) is 0 Å². The monoisotopic (exact) mass is 302 g/mol. The maximum Gasteiger partial charge on any atom is 0.272 e. The molecule has 1 amide bonds. The summed E-state index contributed by atoms with van der Waals surface area (Å²) in [4.78, 5) is 25.4. The number of rotatable bonds is 2. The van der Waals surface area contributed by atoms with Gasteiger partial charge in [-0.3, -0.25) is 4.79 Å². The third-order valence-corrected chi connectivity index (χ3v) is 4.92. The smallest absolute Gasteiger partial charge is 0.272 e. The maximum absolute atomic E-state index is 12.6. The van der Waals surface area contributed by atoms with Crippen molar-refractivity contribution in [1.29, 1.82) is 0 Å². The molecule has 0 bridgehead atoms. The quantitative estimate of drug-likeness (QED) is 0.842. The fourth-order valence-corrected chi connectivity index (χ4v) is 3.41. The van der Waals surface area contributed by atoms with Gasteiger partial charge in [0.05, 0.1) is 0 Å². The molecule has 3 rings (SSSR count). The summed E-state index contributed by atoms with van der Waals surface area (Å²) in [5.74, 6) is 2.36. The lowest BCUT2D eigenvalue weighted by atomic mass is 9.99. The van der Waals surface area contributed by atoms with Crippen LogP contribution in [-0.2, 0) is 0 Å². The molecule has 1 unspecified atom stereocenters. The third-order valence-electron chi connectivity index (χ3n) is 4.92. The molecule has 2 aliphatic heterocycles. The molecule has 0 aromatic carbocycles. The van der Waals surface area contributed by atoms with E-state index in [1.165, 1.54) is 19.2 Å². The number of nitrogens with zero attached hydrogens (tertiary/aromatic N) is 4. The van der Waals surface area contributed by atoms with Crippen molar-refractivity contribution in [2.45, 2.75) is 39.5 Å². The molecule has 5 nitrogen and oxygen atoms in total. The Hall–Kier alpha value is -1.65. The van der Waals surface area contributed by atoms with Gasteiger partial charge in [0.1, 0.15) is 17.8 Å². The van der Waals surface area contributed by atoms with E-state index in [-0.39, 0.29) is 5.91 Å². The number of anilines is 1. The summed E-state index contributed by atoms with van der Waals surface area (Å²) >= 11 is 0. The fraction of sp³-hybridized carbons (Fsp3) is 0.706. The predicted octanol–water partition coefficient (Wildman–Crippen LogP) is 2.59. The summed E-state index contributed by atoms with van der Waals surface area (Å²) < 4.78 is 0. The Morgan fingerprint density at radius 1 is 1.09 bits per heavy atom. The summed E-state index contributed by atoms with van der Waals surface area (Å²) in [6.45, 7) is 8.26. The molecule has 22 heavy (non-hydrogen) atoms. The number of hydrogen-bond acceptors (Lipinski definition) is 4. The predicted molar refractivity (Wildman–Crippen MR) is 86.9 cm³/mol. The molecule has 0 radical (unpaired) electrons. The number of piperidine rings is 2. The molecule has 3 heterocycles. The first-order valence-corrected chi connectivity index (χ1v) is 8.49. The maximum atomic E-state index is 12.6. The second-order valence-electron chi connectivity index (χ2n) is 6.93. The largest absolute Gasteiger partial charge is 0.356 e. The molecule has 2 aliphatic rings. The Labute approximate surface area is 132 Å².